The number of likely N-dealkylation sites (tertiary alicyclic amines) is 1. The van der Waals surface area contributed by atoms with E-state index in [-0.39, 0.29) is 4.90 Å². The number of carbonyl (C=O) groups is 1. The molecule has 0 unspecified atom stereocenters. The molecule has 1 N–H and O–H groups in total. The van der Waals surface area contributed by atoms with Crippen molar-refractivity contribution in [2.24, 2.45) is 0 Å². The van der Waals surface area contributed by atoms with Gasteiger partial charge in [0.05, 0.1) is 35.0 Å². The molecule has 7 nitrogen and oxygen atoms in total. The molecule has 2 aliphatic heterocycles. The van der Waals surface area contributed by atoms with Gasteiger partial charge >= 0.3 is 35.8 Å². The number of carbonyl (C=O) groups excluding carboxylic acids is 1. The summed E-state index contributed by atoms with van der Waals surface area (Å²) in [6.45, 7) is -0.898. The third kappa shape index (κ3) is 3.26. The van der Waals surface area contributed by atoms with Crippen molar-refractivity contribution < 1.29 is 53.8 Å². The van der Waals surface area contributed by atoms with Crippen molar-refractivity contribution in [3.63, 3.8) is 0 Å². The van der Waals surface area contributed by atoms with Crippen LogP contribution in [0.3, 0.4) is 0 Å². The summed E-state index contributed by atoms with van der Waals surface area (Å²) >= 11 is 0. The Balaban J connectivity index is 1.78. The van der Waals surface area contributed by atoms with E-state index >= 15 is 0 Å². The number of amides is 1. The molecule has 2 atom stereocenters. The van der Waals surface area contributed by atoms with E-state index in [1.165, 1.54) is 6.07 Å². The van der Waals surface area contributed by atoms with Crippen LogP contribution < -0.4 is 5.69 Å². The zero-order valence-corrected chi connectivity index (χ0v) is 17.1. The number of rotatable bonds is 3. The molecule has 1 amide bonds. The van der Waals surface area contributed by atoms with Crippen LogP contribution in [-0.2, 0) is 11.0 Å². The van der Waals surface area contributed by atoms with Crippen LogP contribution in [0.25, 0.3) is 5.69 Å². The van der Waals surface area contributed by atoms with Gasteiger partial charge in [-0.25, -0.2) is 9.36 Å². The average molecular weight is 532 g/mol. The fourth-order valence-electron chi connectivity index (χ4n) is 4.40. The van der Waals surface area contributed by atoms with Gasteiger partial charge in [0, 0.05) is 6.54 Å². The van der Waals surface area contributed by atoms with Crippen molar-refractivity contribution in [2.75, 3.05) is 6.54 Å². The topological polar surface area (TPSA) is 91.3 Å². The maximum absolute atomic E-state index is 14.0. The van der Waals surface area contributed by atoms with Crippen LogP contribution in [0.1, 0.15) is 35.3 Å². The predicted molar refractivity (Wildman–Crippen MR) is 95.5 cm³/mol. The largest absolute Gasteiger partial charge is 0.493 e. The molecule has 1 fully saturated rings. The van der Waals surface area contributed by atoms with E-state index in [1.807, 2.05) is 0 Å². The van der Waals surface area contributed by atoms with Crippen molar-refractivity contribution in [1.82, 2.24) is 14.0 Å². The number of alkyl halides is 10. The van der Waals surface area contributed by atoms with E-state index in [9.17, 15) is 58.6 Å². The molecule has 4 rings (SSSR count). The first-order valence-electron chi connectivity index (χ1n) is 9.67. The molecule has 2 aliphatic rings. The zero-order chi connectivity index (χ0) is 27.2. The van der Waals surface area contributed by atoms with Gasteiger partial charge in [0.1, 0.15) is 5.69 Å². The Bertz CT molecular complexity index is 1370. The number of hydrogen-bond acceptors (Lipinski definition) is 4. The number of aromatic hydroxyl groups is 1. The zero-order valence-electron chi connectivity index (χ0n) is 17.1. The minimum absolute atomic E-state index is 0.0386. The number of benzene rings is 1. The Labute approximate surface area is 192 Å². The van der Waals surface area contributed by atoms with Gasteiger partial charge in [-0.2, -0.15) is 49.2 Å². The van der Waals surface area contributed by atoms with Crippen LogP contribution in [0.15, 0.2) is 23.0 Å². The summed E-state index contributed by atoms with van der Waals surface area (Å²) in [6, 6.07) is 0.199. The van der Waals surface area contributed by atoms with Crippen LogP contribution in [-0.4, -0.2) is 49.6 Å². The molecule has 0 radical (unpaired) electrons. The van der Waals surface area contributed by atoms with Crippen LogP contribution >= 0.6 is 0 Å². The molecule has 17 heteroatoms. The smallest absolute Gasteiger partial charge is 0.460 e. The molecule has 1 saturated heterocycles. The number of aromatic nitrogens is 2. The first-order chi connectivity index (χ1) is 16.4. The first-order valence-corrected chi connectivity index (χ1v) is 9.67. The van der Waals surface area contributed by atoms with Gasteiger partial charge in [0.25, 0.3) is 0 Å². The van der Waals surface area contributed by atoms with Crippen LogP contribution in [0.4, 0.5) is 43.9 Å². The van der Waals surface area contributed by atoms with Crippen molar-refractivity contribution in [3.05, 3.63) is 45.5 Å². The van der Waals surface area contributed by atoms with Gasteiger partial charge in [0.2, 0.25) is 5.88 Å². The molecule has 1 aromatic heterocycles. The Morgan fingerprint density at radius 3 is 2.19 bits per heavy atom. The minimum Gasteiger partial charge on any atom is -0.493 e. The van der Waals surface area contributed by atoms with Crippen LogP contribution in [0, 0.1) is 11.3 Å². The van der Waals surface area contributed by atoms with Gasteiger partial charge in [-0.05, 0) is 24.6 Å². The van der Waals surface area contributed by atoms with E-state index in [1.54, 1.807) is 0 Å². The van der Waals surface area contributed by atoms with Gasteiger partial charge in [0.15, 0.2) is 0 Å². The summed E-state index contributed by atoms with van der Waals surface area (Å²) in [7, 11) is 0. The van der Waals surface area contributed by atoms with E-state index < -0.39 is 89.2 Å². The monoisotopic (exact) mass is 532 g/mol. The number of nitriles is 1. The van der Waals surface area contributed by atoms with Crippen molar-refractivity contribution in [1.29, 1.82) is 5.26 Å². The third-order valence-corrected chi connectivity index (χ3v) is 6.02. The molecule has 0 aliphatic carbocycles. The molecule has 2 aromatic rings. The lowest BCUT2D eigenvalue weighted by Crippen LogP contribution is -2.60. The Kier molecular flexibility index (Phi) is 5.22. The normalized spacial score (nSPS) is 20.0. The minimum atomic E-state index is -6.77. The quantitative estimate of drug-likeness (QED) is 0.608. The van der Waals surface area contributed by atoms with Gasteiger partial charge in [-0.15, -0.1) is 0 Å². The van der Waals surface area contributed by atoms with E-state index in [4.69, 9.17) is 5.26 Å². The van der Waals surface area contributed by atoms with Gasteiger partial charge < -0.3 is 10.0 Å². The lowest BCUT2D eigenvalue weighted by molar-refractivity contribution is -0.346. The first kappa shape index (κ1) is 25.4. The van der Waals surface area contributed by atoms with Crippen molar-refractivity contribution in [3.8, 4) is 17.6 Å². The van der Waals surface area contributed by atoms with E-state index in [0.29, 0.717) is 16.7 Å². The SMILES string of the molecule is N#Cc1ccc(-n2c(O)c3n(c2=O)[C@H]2C[C@@H]3N(C(=O)C(F)(F)C(F)(F)C(F)(F)F)C2)cc1C(F)(F)F. The second-order valence-corrected chi connectivity index (χ2v) is 8.05. The number of halogens is 10. The fraction of sp³-hybridized carbons (Fsp3) is 0.421. The molecular formula is C19H10F10N4O3. The average Bonchev–Trinajstić information content (AvgIpc) is 3.42. The summed E-state index contributed by atoms with van der Waals surface area (Å²) < 4.78 is 133. The van der Waals surface area contributed by atoms with Gasteiger partial charge in [-0.3, -0.25) is 9.36 Å². The van der Waals surface area contributed by atoms with Crippen LogP contribution in [0.5, 0.6) is 5.88 Å². The molecule has 2 bridgehead atoms. The highest BCUT2D eigenvalue weighted by Gasteiger charge is 2.77. The maximum atomic E-state index is 14.0. The molecular weight excluding hydrogens is 522 g/mol. The Morgan fingerprint density at radius 2 is 1.67 bits per heavy atom. The van der Waals surface area contributed by atoms with Crippen molar-refractivity contribution >= 4 is 5.91 Å². The lowest BCUT2D eigenvalue weighted by atomic mass is 10.1. The lowest BCUT2D eigenvalue weighted by Gasteiger charge is -2.34. The van der Waals surface area contributed by atoms with Crippen molar-refractivity contribution in [2.45, 2.75) is 42.7 Å². The highest BCUT2D eigenvalue weighted by atomic mass is 19.4. The number of imidazole rings is 1. The number of fused-ring (bicyclic) bond motifs is 5. The predicted octanol–water partition coefficient (Wildman–Crippen LogP) is 3.90. The van der Waals surface area contributed by atoms with E-state index in [2.05, 4.69) is 0 Å². The second kappa shape index (κ2) is 7.40. The summed E-state index contributed by atoms with van der Waals surface area (Å²) in [5.41, 5.74) is -4.73. The maximum Gasteiger partial charge on any atom is 0.460 e. The summed E-state index contributed by atoms with van der Waals surface area (Å²) in [5, 5.41) is 19.4. The summed E-state index contributed by atoms with van der Waals surface area (Å²) in [5.74, 6) is -17.0. The fourth-order valence-corrected chi connectivity index (χ4v) is 4.40. The third-order valence-electron chi connectivity index (χ3n) is 6.02. The second-order valence-electron chi connectivity index (χ2n) is 8.05. The number of hydrogen-bond donors (Lipinski definition) is 1. The molecule has 36 heavy (non-hydrogen) atoms. The summed E-state index contributed by atoms with van der Waals surface area (Å²) in [4.78, 5) is 24.9. The molecule has 1 aromatic carbocycles. The highest BCUT2D eigenvalue weighted by molar-refractivity contribution is 5.86. The Morgan fingerprint density at radius 1 is 1.06 bits per heavy atom. The molecule has 194 valence electrons. The molecule has 0 spiro atoms. The molecule has 0 saturated carbocycles. The summed E-state index contributed by atoms with van der Waals surface area (Å²) in [6.07, 6.45) is -12.2. The number of nitrogens with zero attached hydrogens (tertiary/aromatic N) is 4. The van der Waals surface area contributed by atoms with Crippen LogP contribution in [0.2, 0.25) is 0 Å². The molecule has 3 heterocycles. The standard InChI is InChI=1S/C19H10F10N4O3/c20-16(21,18(25,26)19(27,28)29)14(35)31-6-9-4-11(31)12-13(34)33(15(36)32(9)12)8-2-1-7(5-30)10(3-8)17(22,23)24/h1-3,9,11,34H,4,6H2/t9-,11-/m0/s1. The van der Waals surface area contributed by atoms with E-state index in [0.717, 1.165) is 10.6 Å². The van der Waals surface area contributed by atoms with Gasteiger partial charge in [-0.1, -0.05) is 0 Å². The highest BCUT2D eigenvalue weighted by Crippen LogP contribution is 2.53. The Hall–Kier alpha value is -3.71.